The third kappa shape index (κ3) is 3.69. The van der Waals surface area contributed by atoms with E-state index in [2.05, 4.69) is 4.99 Å². The van der Waals surface area contributed by atoms with Crippen molar-refractivity contribution in [2.24, 2.45) is 4.99 Å². The van der Waals surface area contributed by atoms with Crippen molar-refractivity contribution in [3.05, 3.63) is 57.4 Å². The number of carboxylic acid groups (broad SMARTS) is 1. The lowest BCUT2D eigenvalue weighted by Gasteiger charge is -2.20. The van der Waals surface area contributed by atoms with Crippen molar-refractivity contribution in [1.29, 1.82) is 0 Å². The molecule has 0 amide bonds. The highest BCUT2D eigenvalue weighted by Crippen LogP contribution is 2.42. The van der Waals surface area contributed by atoms with Crippen LogP contribution < -0.4 is 0 Å². The fourth-order valence-electron chi connectivity index (χ4n) is 3.39. The predicted molar refractivity (Wildman–Crippen MR) is 105 cm³/mol. The molecular weight excluding hydrogens is 421 g/mol. The van der Waals surface area contributed by atoms with Crippen LogP contribution in [0, 0.1) is 0 Å². The first-order valence-electron chi connectivity index (χ1n) is 8.49. The lowest BCUT2D eigenvalue weighted by molar-refractivity contribution is -0.136. The van der Waals surface area contributed by atoms with Gasteiger partial charge in [0.15, 0.2) is 9.84 Å². The van der Waals surface area contributed by atoms with Gasteiger partial charge in [0.05, 0.1) is 26.8 Å². The van der Waals surface area contributed by atoms with Gasteiger partial charge in [-0.15, -0.1) is 0 Å². The molecule has 3 rings (SSSR count). The zero-order valence-corrected chi connectivity index (χ0v) is 17.5. The number of sulfone groups is 2. The molecule has 1 aromatic carbocycles. The number of aliphatic carboxylic acids is 1. The minimum atomic E-state index is -4.24. The van der Waals surface area contributed by atoms with E-state index in [-0.39, 0.29) is 28.2 Å². The molecule has 1 aliphatic heterocycles. The van der Waals surface area contributed by atoms with Crippen molar-refractivity contribution in [2.45, 2.75) is 36.5 Å². The third-order valence-electron chi connectivity index (χ3n) is 4.82. The molecular formula is C19H18FNO6S2. The molecule has 0 saturated carbocycles. The van der Waals surface area contributed by atoms with Crippen LogP contribution in [-0.4, -0.2) is 39.9 Å². The maximum atomic E-state index is 15.1. The number of fused-ring (bicyclic) bond motifs is 1. The molecule has 0 saturated heterocycles. The van der Waals surface area contributed by atoms with Gasteiger partial charge in [-0.3, -0.25) is 9.79 Å². The second-order valence-corrected chi connectivity index (χ2v) is 10.8. The standard InChI is InChI=1S/C19H18FNO6S2/c1-10-18-14(8-17(22)23)11(2)21-15(18)9-16(19(10)20)29(26,27)13-6-4-12(5-7-13)28(3,24)25/h4-7H,8-9H2,1-3H3,(H,22,23). The van der Waals surface area contributed by atoms with Gasteiger partial charge in [-0.05, 0) is 49.3 Å². The Bertz CT molecular complexity index is 1260. The van der Waals surface area contributed by atoms with Gasteiger partial charge in [0.1, 0.15) is 5.83 Å². The zero-order chi connectivity index (χ0) is 21.7. The summed E-state index contributed by atoms with van der Waals surface area (Å²) in [6.45, 7) is 2.99. The van der Waals surface area contributed by atoms with E-state index in [1.54, 1.807) is 6.92 Å². The molecule has 2 aliphatic rings. The Morgan fingerprint density at radius 2 is 1.66 bits per heavy atom. The molecule has 1 N–H and O–H groups in total. The number of rotatable bonds is 5. The van der Waals surface area contributed by atoms with Gasteiger partial charge in [-0.1, -0.05) is 0 Å². The largest absolute Gasteiger partial charge is 0.481 e. The minimum absolute atomic E-state index is 0.0226. The summed E-state index contributed by atoms with van der Waals surface area (Å²) in [4.78, 5) is 14.6. The first-order chi connectivity index (χ1) is 13.3. The molecule has 0 unspecified atom stereocenters. The van der Waals surface area contributed by atoms with Gasteiger partial charge in [0.25, 0.3) is 0 Å². The Morgan fingerprint density at radius 1 is 1.10 bits per heavy atom. The van der Waals surface area contributed by atoms with Crippen LogP contribution in [0.2, 0.25) is 0 Å². The number of benzene rings is 1. The Balaban J connectivity index is 2.09. The molecule has 0 bridgehead atoms. The van der Waals surface area contributed by atoms with Crippen molar-refractivity contribution >= 4 is 31.4 Å². The molecule has 0 radical (unpaired) electrons. The quantitative estimate of drug-likeness (QED) is 0.754. The lowest BCUT2D eigenvalue weighted by Crippen LogP contribution is -2.19. The van der Waals surface area contributed by atoms with E-state index in [1.165, 1.54) is 6.92 Å². The van der Waals surface area contributed by atoms with Crippen LogP contribution in [0.4, 0.5) is 4.39 Å². The third-order valence-corrected chi connectivity index (χ3v) is 7.81. The highest BCUT2D eigenvalue weighted by molar-refractivity contribution is 7.95. The Hall–Kier alpha value is -2.59. The first-order valence-corrected chi connectivity index (χ1v) is 11.9. The van der Waals surface area contributed by atoms with Crippen LogP contribution in [-0.2, 0) is 24.5 Å². The number of aliphatic imine (C=N–C) groups is 1. The number of halogens is 1. The Morgan fingerprint density at radius 3 is 2.17 bits per heavy atom. The summed E-state index contributed by atoms with van der Waals surface area (Å²) in [6.07, 6.45) is 0.348. The van der Waals surface area contributed by atoms with Crippen LogP contribution in [0.1, 0.15) is 26.7 Å². The predicted octanol–water partition coefficient (Wildman–Crippen LogP) is 2.97. The molecule has 0 spiro atoms. The number of carbonyl (C=O) groups is 1. The summed E-state index contributed by atoms with van der Waals surface area (Å²) in [5.74, 6) is -2.03. The van der Waals surface area contributed by atoms with Gasteiger partial charge < -0.3 is 5.11 Å². The normalized spacial score (nSPS) is 17.6. The summed E-state index contributed by atoms with van der Waals surface area (Å²) in [6, 6.07) is 4.55. The fraction of sp³-hybridized carbons (Fsp3) is 0.263. The summed E-state index contributed by atoms with van der Waals surface area (Å²) in [5, 5.41) is 9.09. The molecule has 0 atom stereocenters. The number of allylic oxidation sites excluding steroid dienone is 5. The molecule has 1 heterocycles. The molecule has 154 valence electrons. The number of nitrogens with zero attached hydrogens (tertiary/aromatic N) is 1. The Labute approximate surface area is 167 Å². The summed E-state index contributed by atoms with van der Waals surface area (Å²) < 4.78 is 64.2. The SMILES string of the molecule is CC1=C(CC(=O)O)C2=C(C)C(F)=C(S(=O)(=O)c3ccc(S(C)(=O)=O)cc3)CC2=N1. The second-order valence-electron chi connectivity index (χ2n) is 6.85. The highest BCUT2D eigenvalue weighted by atomic mass is 32.2. The molecule has 1 aromatic rings. The molecule has 7 nitrogen and oxygen atoms in total. The Kier molecular flexibility index (Phi) is 5.12. The average molecular weight is 439 g/mol. The van der Waals surface area contributed by atoms with Crippen LogP contribution in [0.3, 0.4) is 0 Å². The van der Waals surface area contributed by atoms with Crippen LogP contribution in [0.25, 0.3) is 0 Å². The highest BCUT2D eigenvalue weighted by Gasteiger charge is 2.37. The molecule has 10 heteroatoms. The first kappa shape index (κ1) is 21.1. The van der Waals surface area contributed by atoms with Gasteiger partial charge >= 0.3 is 5.97 Å². The van der Waals surface area contributed by atoms with Crippen molar-refractivity contribution in [2.75, 3.05) is 6.26 Å². The van der Waals surface area contributed by atoms with Crippen molar-refractivity contribution in [3.63, 3.8) is 0 Å². The van der Waals surface area contributed by atoms with E-state index in [4.69, 9.17) is 5.11 Å². The lowest BCUT2D eigenvalue weighted by atomic mass is 9.89. The molecule has 0 aromatic heterocycles. The monoisotopic (exact) mass is 439 g/mol. The molecule has 1 aliphatic carbocycles. The van der Waals surface area contributed by atoms with Crippen molar-refractivity contribution in [1.82, 2.24) is 0 Å². The van der Waals surface area contributed by atoms with Crippen molar-refractivity contribution < 1.29 is 31.1 Å². The maximum Gasteiger partial charge on any atom is 0.307 e. The average Bonchev–Trinajstić information content (AvgIpc) is 2.92. The van der Waals surface area contributed by atoms with E-state index in [1.807, 2.05) is 0 Å². The molecule has 29 heavy (non-hydrogen) atoms. The zero-order valence-electron chi connectivity index (χ0n) is 15.9. The fourth-order valence-corrected chi connectivity index (χ4v) is 5.51. The number of hydrogen-bond acceptors (Lipinski definition) is 6. The van der Waals surface area contributed by atoms with Gasteiger partial charge in [0, 0.05) is 23.9 Å². The number of hydrogen-bond donors (Lipinski definition) is 1. The maximum absolute atomic E-state index is 15.1. The van der Waals surface area contributed by atoms with Crippen LogP contribution >= 0.6 is 0 Å². The topological polar surface area (TPSA) is 118 Å². The van der Waals surface area contributed by atoms with Gasteiger partial charge in [0.2, 0.25) is 9.84 Å². The summed E-state index contributed by atoms with van der Waals surface area (Å²) >= 11 is 0. The van der Waals surface area contributed by atoms with Gasteiger partial charge in [-0.2, -0.15) is 0 Å². The van der Waals surface area contributed by atoms with Crippen LogP contribution in [0.5, 0.6) is 0 Å². The second kappa shape index (κ2) is 7.03. The van der Waals surface area contributed by atoms with E-state index in [0.717, 1.165) is 30.5 Å². The van der Waals surface area contributed by atoms with E-state index in [0.29, 0.717) is 22.6 Å². The van der Waals surface area contributed by atoms with E-state index in [9.17, 15) is 21.6 Å². The smallest absolute Gasteiger partial charge is 0.307 e. The summed E-state index contributed by atoms with van der Waals surface area (Å²) in [7, 11) is -7.75. The van der Waals surface area contributed by atoms with Gasteiger partial charge in [-0.25, -0.2) is 21.2 Å². The van der Waals surface area contributed by atoms with Crippen molar-refractivity contribution in [3.8, 4) is 0 Å². The summed E-state index contributed by atoms with van der Waals surface area (Å²) in [5.41, 5.74) is 1.46. The number of carboxylic acids is 1. The van der Waals surface area contributed by atoms with Crippen LogP contribution in [0.15, 0.2) is 72.2 Å². The minimum Gasteiger partial charge on any atom is -0.481 e. The van der Waals surface area contributed by atoms with E-state index < -0.39 is 36.4 Å². The van der Waals surface area contributed by atoms with E-state index >= 15 is 4.39 Å². The molecule has 0 fully saturated rings.